The zero-order valence-corrected chi connectivity index (χ0v) is 10.7. The lowest BCUT2D eigenvalue weighted by Crippen LogP contribution is -2.43. The number of halogens is 3. The van der Waals surface area contributed by atoms with Crippen molar-refractivity contribution in [1.82, 2.24) is 4.98 Å². The van der Waals surface area contributed by atoms with E-state index in [1.165, 1.54) is 0 Å². The van der Waals surface area contributed by atoms with E-state index in [1.54, 1.807) is 24.3 Å². The van der Waals surface area contributed by atoms with Crippen LogP contribution in [0, 0.1) is 0 Å². The maximum Gasteiger partial charge on any atom is 0.424 e. The molecule has 7 heteroatoms. The quantitative estimate of drug-likeness (QED) is 0.945. The Morgan fingerprint density at radius 1 is 1.37 bits per heavy atom. The molecule has 0 radical (unpaired) electrons. The monoisotopic (exact) mass is 289 g/mol. The summed E-state index contributed by atoms with van der Waals surface area (Å²) in [5.74, 6) is -0.751. The number of aliphatic hydroxyl groups is 1. The third-order valence-electron chi connectivity index (χ3n) is 2.62. The van der Waals surface area contributed by atoms with Crippen LogP contribution in [0.25, 0.3) is 10.2 Å². The Morgan fingerprint density at radius 2 is 2.00 bits per heavy atom. The van der Waals surface area contributed by atoms with E-state index in [9.17, 15) is 23.1 Å². The summed E-state index contributed by atoms with van der Waals surface area (Å²) in [4.78, 5) is 14.8. The number of fused-ring (bicyclic) bond motifs is 1. The van der Waals surface area contributed by atoms with Crippen LogP contribution in [0.2, 0.25) is 0 Å². The Morgan fingerprint density at radius 3 is 2.53 bits per heavy atom. The summed E-state index contributed by atoms with van der Waals surface area (Å²) in [5, 5.41) is 9.39. The fourth-order valence-electron chi connectivity index (χ4n) is 1.71. The maximum atomic E-state index is 13.0. The van der Waals surface area contributed by atoms with Gasteiger partial charge in [-0.25, -0.2) is 4.98 Å². The highest BCUT2D eigenvalue weighted by Crippen LogP contribution is 2.44. The first-order chi connectivity index (χ1) is 8.74. The summed E-state index contributed by atoms with van der Waals surface area (Å²) < 4.78 is 39.7. The minimum atomic E-state index is -4.95. The van der Waals surface area contributed by atoms with Gasteiger partial charge in [-0.3, -0.25) is 4.79 Å². The Bertz CT molecular complexity index is 590. The van der Waals surface area contributed by atoms with Crippen molar-refractivity contribution in [2.45, 2.75) is 25.1 Å². The number of ketones is 1. The van der Waals surface area contributed by atoms with Crippen LogP contribution in [0.4, 0.5) is 13.2 Å². The molecule has 1 N–H and O–H groups in total. The third-order valence-corrected chi connectivity index (χ3v) is 3.81. The number of para-hydroxylation sites is 1. The molecule has 0 aliphatic carbocycles. The molecule has 0 bridgehead atoms. The molecule has 3 nitrogen and oxygen atoms in total. The van der Waals surface area contributed by atoms with Crippen molar-refractivity contribution in [2.24, 2.45) is 0 Å². The molecule has 0 fully saturated rings. The Balaban J connectivity index is 2.57. The standard InChI is InChI=1S/C12H10F3NO2S/c1-7(17)6-11(18,12(13,14)15)10-16-8-4-2-3-5-9(8)19-10/h2-5,18H,6H2,1H3/t11-/m1/s1. The smallest absolute Gasteiger partial charge is 0.374 e. The van der Waals surface area contributed by atoms with E-state index in [-0.39, 0.29) is 0 Å². The number of rotatable bonds is 3. The summed E-state index contributed by atoms with van der Waals surface area (Å²) in [5.41, 5.74) is -2.85. The highest BCUT2D eigenvalue weighted by atomic mass is 32.1. The molecule has 0 unspecified atom stereocenters. The molecule has 2 rings (SSSR count). The average Bonchev–Trinajstić information content (AvgIpc) is 2.70. The second kappa shape index (κ2) is 4.57. The van der Waals surface area contributed by atoms with Gasteiger partial charge < -0.3 is 5.11 Å². The lowest BCUT2D eigenvalue weighted by atomic mass is 9.97. The fraction of sp³-hybridized carbons (Fsp3) is 0.333. The van der Waals surface area contributed by atoms with Crippen molar-refractivity contribution in [1.29, 1.82) is 0 Å². The first-order valence-corrected chi connectivity index (χ1v) is 6.20. The number of hydrogen-bond acceptors (Lipinski definition) is 4. The molecule has 0 aliphatic rings. The van der Waals surface area contributed by atoms with E-state index >= 15 is 0 Å². The second-order valence-electron chi connectivity index (χ2n) is 4.22. The zero-order valence-electron chi connectivity index (χ0n) is 9.86. The molecule has 1 aromatic carbocycles. The highest BCUT2D eigenvalue weighted by Gasteiger charge is 2.57. The molecule has 0 spiro atoms. The van der Waals surface area contributed by atoms with Crippen LogP contribution in [0.5, 0.6) is 0 Å². The number of carbonyl (C=O) groups excluding carboxylic acids is 1. The zero-order chi connectivity index (χ0) is 14.3. The Hall–Kier alpha value is -1.47. The molecule has 1 atom stereocenters. The van der Waals surface area contributed by atoms with Gasteiger partial charge >= 0.3 is 6.18 Å². The second-order valence-corrected chi connectivity index (χ2v) is 5.25. The number of alkyl halides is 3. The minimum Gasteiger partial charge on any atom is -0.374 e. The number of carbonyl (C=O) groups is 1. The van der Waals surface area contributed by atoms with E-state index in [2.05, 4.69) is 4.98 Å². The molecule has 0 amide bonds. The number of thiazole rings is 1. The number of Topliss-reactive ketones (excluding diaryl/α,β-unsaturated/α-hetero) is 1. The van der Waals surface area contributed by atoms with Gasteiger partial charge in [0.05, 0.1) is 16.6 Å². The minimum absolute atomic E-state index is 0.369. The number of aromatic nitrogens is 1. The predicted octanol–water partition coefficient (Wildman–Crippen LogP) is 3.03. The van der Waals surface area contributed by atoms with Crippen molar-refractivity contribution >= 4 is 27.3 Å². The van der Waals surface area contributed by atoms with Crippen LogP contribution >= 0.6 is 11.3 Å². The Labute approximate surface area is 110 Å². The van der Waals surface area contributed by atoms with E-state index in [0.29, 0.717) is 10.2 Å². The molecule has 1 heterocycles. The van der Waals surface area contributed by atoms with Gasteiger partial charge in [-0.1, -0.05) is 12.1 Å². The molecular formula is C12H10F3NO2S. The first kappa shape index (κ1) is 14.0. The number of hydrogen-bond donors (Lipinski definition) is 1. The first-order valence-electron chi connectivity index (χ1n) is 5.38. The number of nitrogens with zero attached hydrogens (tertiary/aromatic N) is 1. The van der Waals surface area contributed by atoms with Gasteiger partial charge in [-0.05, 0) is 19.1 Å². The van der Waals surface area contributed by atoms with Crippen LogP contribution in [0.1, 0.15) is 18.4 Å². The van der Waals surface area contributed by atoms with Gasteiger partial charge in [-0.15, -0.1) is 11.3 Å². The maximum absolute atomic E-state index is 13.0. The molecule has 102 valence electrons. The highest BCUT2D eigenvalue weighted by molar-refractivity contribution is 7.18. The molecule has 2 aromatic rings. The summed E-state index contributed by atoms with van der Waals surface area (Å²) in [6.07, 6.45) is -5.98. The van der Waals surface area contributed by atoms with Gasteiger partial charge in [0.2, 0.25) is 5.60 Å². The van der Waals surface area contributed by atoms with Crippen molar-refractivity contribution in [2.75, 3.05) is 0 Å². The summed E-state index contributed by atoms with van der Waals surface area (Å²) in [6, 6.07) is 6.48. The van der Waals surface area contributed by atoms with Crippen LogP contribution in [0.3, 0.4) is 0 Å². The summed E-state index contributed by atoms with van der Waals surface area (Å²) in [6.45, 7) is 1.00. The molecule has 0 aliphatic heterocycles. The SMILES string of the molecule is CC(=O)C[C@@](O)(c1nc2ccccc2s1)C(F)(F)F. The Kier molecular flexibility index (Phi) is 3.36. The lowest BCUT2D eigenvalue weighted by molar-refractivity contribution is -0.266. The fourth-order valence-corrected chi connectivity index (χ4v) is 2.78. The van der Waals surface area contributed by atoms with Crippen LogP contribution in [-0.2, 0) is 10.4 Å². The third kappa shape index (κ3) is 2.48. The van der Waals surface area contributed by atoms with Crippen LogP contribution in [0.15, 0.2) is 24.3 Å². The predicted molar refractivity (Wildman–Crippen MR) is 64.9 cm³/mol. The van der Waals surface area contributed by atoms with Crippen LogP contribution in [-0.4, -0.2) is 22.1 Å². The molecular weight excluding hydrogens is 279 g/mol. The molecule has 1 aromatic heterocycles. The topological polar surface area (TPSA) is 50.2 Å². The average molecular weight is 289 g/mol. The van der Waals surface area contributed by atoms with Crippen molar-refractivity contribution in [3.8, 4) is 0 Å². The normalized spacial score (nSPS) is 15.4. The van der Waals surface area contributed by atoms with Gasteiger partial charge in [-0.2, -0.15) is 13.2 Å². The summed E-state index contributed by atoms with van der Waals surface area (Å²) >= 11 is 0.740. The van der Waals surface area contributed by atoms with E-state index in [4.69, 9.17) is 0 Å². The van der Waals surface area contributed by atoms with Crippen molar-refractivity contribution in [3.05, 3.63) is 29.3 Å². The molecule has 19 heavy (non-hydrogen) atoms. The van der Waals surface area contributed by atoms with Gasteiger partial charge in [0.1, 0.15) is 10.8 Å². The lowest BCUT2D eigenvalue weighted by Gasteiger charge is -2.27. The van der Waals surface area contributed by atoms with Gasteiger partial charge in [0, 0.05) is 0 Å². The van der Waals surface area contributed by atoms with Gasteiger partial charge in [0.15, 0.2) is 0 Å². The number of benzene rings is 1. The molecule has 0 saturated carbocycles. The molecule has 0 saturated heterocycles. The summed E-state index contributed by atoms with van der Waals surface area (Å²) in [7, 11) is 0. The van der Waals surface area contributed by atoms with E-state index in [0.717, 1.165) is 18.3 Å². The van der Waals surface area contributed by atoms with E-state index < -0.39 is 29.0 Å². The van der Waals surface area contributed by atoms with Crippen molar-refractivity contribution in [3.63, 3.8) is 0 Å². The van der Waals surface area contributed by atoms with Gasteiger partial charge in [0.25, 0.3) is 0 Å². The largest absolute Gasteiger partial charge is 0.424 e. The van der Waals surface area contributed by atoms with Crippen LogP contribution < -0.4 is 0 Å². The van der Waals surface area contributed by atoms with E-state index in [1.807, 2.05) is 0 Å². The van der Waals surface area contributed by atoms with Crippen molar-refractivity contribution < 1.29 is 23.1 Å².